The molecular weight excluding hydrogens is 467 g/mol. The van der Waals surface area contributed by atoms with Crippen LogP contribution in [0.4, 0.5) is 14.9 Å². The minimum Gasteiger partial charge on any atom is -0.337 e. The fourth-order valence-corrected chi connectivity index (χ4v) is 4.92. The van der Waals surface area contributed by atoms with Gasteiger partial charge in [-0.05, 0) is 54.5 Å². The summed E-state index contributed by atoms with van der Waals surface area (Å²) < 4.78 is 13.4. The lowest BCUT2D eigenvalue weighted by Gasteiger charge is -2.36. The van der Waals surface area contributed by atoms with Crippen molar-refractivity contribution < 1.29 is 14.0 Å². The maximum Gasteiger partial charge on any atom is 0.321 e. The van der Waals surface area contributed by atoms with Crippen LogP contribution < -0.4 is 5.32 Å². The van der Waals surface area contributed by atoms with Crippen LogP contribution in [0.5, 0.6) is 0 Å². The van der Waals surface area contributed by atoms with Gasteiger partial charge in [0.05, 0.1) is 0 Å². The molecule has 6 nitrogen and oxygen atoms in total. The number of benzene rings is 2. The molecule has 0 saturated carbocycles. The van der Waals surface area contributed by atoms with Crippen LogP contribution >= 0.6 is 0 Å². The second kappa shape index (κ2) is 13.0. The summed E-state index contributed by atoms with van der Waals surface area (Å²) in [6.45, 7) is 15.4. The Morgan fingerprint density at radius 2 is 1.62 bits per heavy atom. The summed E-state index contributed by atoms with van der Waals surface area (Å²) in [6, 6.07) is 14.1. The smallest absolute Gasteiger partial charge is 0.321 e. The Morgan fingerprint density at radius 3 is 2.22 bits per heavy atom. The van der Waals surface area contributed by atoms with Gasteiger partial charge in [0.15, 0.2) is 0 Å². The fourth-order valence-electron chi connectivity index (χ4n) is 4.92. The van der Waals surface area contributed by atoms with Gasteiger partial charge >= 0.3 is 6.03 Å². The van der Waals surface area contributed by atoms with Crippen molar-refractivity contribution in [2.45, 2.75) is 54.0 Å². The van der Waals surface area contributed by atoms with E-state index in [0.29, 0.717) is 38.5 Å². The Morgan fingerprint density at radius 1 is 1.00 bits per heavy atom. The highest BCUT2D eigenvalue weighted by Crippen LogP contribution is 2.26. The topological polar surface area (TPSA) is 55.9 Å². The second-order valence-electron chi connectivity index (χ2n) is 11.6. The van der Waals surface area contributed by atoms with Crippen molar-refractivity contribution in [2.75, 3.05) is 44.6 Å². The van der Waals surface area contributed by atoms with Gasteiger partial charge in [0, 0.05) is 57.9 Å². The number of hydrogen-bond acceptors (Lipinski definition) is 3. The number of hydrogen-bond donors (Lipinski definition) is 1. The summed E-state index contributed by atoms with van der Waals surface area (Å²) in [7, 11) is 0. The van der Waals surface area contributed by atoms with Crippen LogP contribution in [0.25, 0.3) is 0 Å². The van der Waals surface area contributed by atoms with Crippen LogP contribution in [0.15, 0.2) is 48.5 Å². The first kappa shape index (κ1) is 28.6. The maximum absolute atomic E-state index is 13.4. The number of piperazine rings is 1. The van der Waals surface area contributed by atoms with E-state index < -0.39 is 0 Å². The minimum atomic E-state index is -0.273. The molecule has 1 N–H and O–H groups in total. The first-order valence-corrected chi connectivity index (χ1v) is 13.4. The number of urea groups is 1. The second-order valence-corrected chi connectivity index (χ2v) is 11.6. The lowest BCUT2D eigenvalue weighted by Crippen LogP contribution is -2.51. The summed E-state index contributed by atoms with van der Waals surface area (Å²) in [4.78, 5) is 32.0. The van der Waals surface area contributed by atoms with E-state index in [9.17, 15) is 14.0 Å². The summed E-state index contributed by atoms with van der Waals surface area (Å²) >= 11 is 0. The van der Waals surface area contributed by atoms with Crippen molar-refractivity contribution in [1.82, 2.24) is 14.7 Å². The van der Waals surface area contributed by atoms with Gasteiger partial charge in [-0.2, -0.15) is 0 Å². The molecule has 1 aliphatic heterocycles. The Bertz CT molecular complexity index is 1010. The molecule has 3 amide bonds. The SMILES string of the molecule is Cc1ccc(NC(=O)N2CCN(CCN(Cc3ccc(F)cc3)C(=O)CC(C)CC(C)(C)C)CC2)cc1. The highest BCUT2D eigenvalue weighted by molar-refractivity contribution is 5.89. The molecule has 1 unspecified atom stereocenters. The number of aryl methyl sites for hydroxylation is 1. The number of anilines is 1. The third kappa shape index (κ3) is 9.80. The number of carbonyl (C=O) groups is 2. The quantitative estimate of drug-likeness (QED) is 0.466. The van der Waals surface area contributed by atoms with Crippen LogP contribution in [0.3, 0.4) is 0 Å². The average Bonchev–Trinajstić information content (AvgIpc) is 2.83. The number of nitrogens with zero attached hydrogens (tertiary/aromatic N) is 3. The van der Waals surface area contributed by atoms with Crippen LogP contribution in [-0.2, 0) is 11.3 Å². The fraction of sp³-hybridized carbons (Fsp3) is 0.533. The predicted octanol–water partition coefficient (Wildman–Crippen LogP) is 5.77. The molecule has 202 valence electrons. The van der Waals surface area contributed by atoms with Gasteiger partial charge in [-0.3, -0.25) is 9.69 Å². The van der Waals surface area contributed by atoms with E-state index in [1.54, 1.807) is 12.1 Å². The van der Waals surface area contributed by atoms with Gasteiger partial charge in [0.1, 0.15) is 5.82 Å². The van der Waals surface area contributed by atoms with Crippen LogP contribution in [0, 0.1) is 24.1 Å². The Labute approximate surface area is 221 Å². The molecule has 1 fully saturated rings. The zero-order valence-corrected chi connectivity index (χ0v) is 23.1. The zero-order chi connectivity index (χ0) is 27.0. The molecule has 2 aromatic rings. The molecule has 0 bridgehead atoms. The van der Waals surface area contributed by atoms with Crippen LogP contribution in [0.1, 0.15) is 51.7 Å². The zero-order valence-electron chi connectivity index (χ0n) is 23.1. The summed E-state index contributed by atoms with van der Waals surface area (Å²) in [5.41, 5.74) is 3.05. The van der Waals surface area contributed by atoms with Crippen molar-refractivity contribution in [1.29, 1.82) is 0 Å². The lowest BCUT2D eigenvalue weighted by atomic mass is 9.84. The third-order valence-corrected chi connectivity index (χ3v) is 6.77. The molecule has 0 aromatic heterocycles. The van der Waals surface area contributed by atoms with Crippen molar-refractivity contribution in [2.24, 2.45) is 11.3 Å². The number of nitrogens with one attached hydrogen (secondary N) is 1. The van der Waals surface area contributed by atoms with Crippen molar-refractivity contribution >= 4 is 17.6 Å². The largest absolute Gasteiger partial charge is 0.337 e. The molecule has 0 radical (unpaired) electrons. The minimum absolute atomic E-state index is 0.0792. The molecule has 37 heavy (non-hydrogen) atoms. The van der Waals surface area contributed by atoms with Gasteiger partial charge < -0.3 is 15.1 Å². The molecule has 1 saturated heterocycles. The van der Waals surface area contributed by atoms with E-state index in [1.807, 2.05) is 41.0 Å². The number of amides is 3. The molecule has 1 heterocycles. The number of halogens is 1. The monoisotopic (exact) mass is 510 g/mol. The van der Waals surface area contributed by atoms with E-state index in [0.717, 1.165) is 42.9 Å². The van der Waals surface area contributed by atoms with Crippen molar-refractivity contribution in [3.63, 3.8) is 0 Å². The van der Waals surface area contributed by atoms with E-state index in [4.69, 9.17) is 0 Å². The molecule has 3 rings (SSSR count). The van der Waals surface area contributed by atoms with E-state index in [2.05, 4.69) is 37.9 Å². The molecular formula is C30H43FN4O2. The Kier molecular flexibility index (Phi) is 10.1. The highest BCUT2D eigenvalue weighted by atomic mass is 19.1. The number of carbonyl (C=O) groups excluding carboxylic acids is 2. The maximum atomic E-state index is 13.4. The molecule has 0 spiro atoms. The van der Waals surface area contributed by atoms with E-state index in [1.165, 1.54) is 12.1 Å². The predicted molar refractivity (Wildman–Crippen MR) is 148 cm³/mol. The molecule has 1 aliphatic rings. The normalized spacial score (nSPS) is 15.4. The van der Waals surface area contributed by atoms with Gasteiger partial charge in [0.2, 0.25) is 5.91 Å². The standard InChI is InChI=1S/C30H43FN4O2/c1-23-6-12-27(13-7-23)32-29(37)34-17-14-33(15-18-34)16-19-35(22-25-8-10-26(31)11-9-25)28(36)20-24(2)21-30(3,4)5/h6-13,24H,14-22H2,1-5H3,(H,32,37). The Balaban J connectivity index is 1.53. The summed E-state index contributed by atoms with van der Waals surface area (Å²) in [5, 5.41) is 2.97. The van der Waals surface area contributed by atoms with Crippen molar-refractivity contribution in [3.05, 3.63) is 65.5 Å². The van der Waals surface area contributed by atoms with Crippen LogP contribution in [0.2, 0.25) is 0 Å². The Hall–Kier alpha value is -2.93. The first-order valence-electron chi connectivity index (χ1n) is 13.4. The molecule has 1 atom stereocenters. The van der Waals surface area contributed by atoms with Crippen molar-refractivity contribution in [3.8, 4) is 0 Å². The van der Waals surface area contributed by atoms with Gasteiger partial charge in [-0.15, -0.1) is 0 Å². The van der Waals surface area contributed by atoms with Crippen LogP contribution in [-0.4, -0.2) is 65.9 Å². The summed E-state index contributed by atoms with van der Waals surface area (Å²) in [5.74, 6) is 0.153. The van der Waals surface area contributed by atoms with Gasteiger partial charge in [0.25, 0.3) is 0 Å². The molecule has 7 heteroatoms. The van der Waals surface area contributed by atoms with Gasteiger partial charge in [-0.25, -0.2) is 9.18 Å². The molecule has 2 aromatic carbocycles. The highest BCUT2D eigenvalue weighted by Gasteiger charge is 2.24. The van der Waals surface area contributed by atoms with E-state index in [-0.39, 0.29) is 23.2 Å². The average molecular weight is 511 g/mol. The summed E-state index contributed by atoms with van der Waals surface area (Å²) in [6.07, 6.45) is 1.49. The lowest BCUT2D eigenvalue weighted by molar-refractivity contribution is -0.133. The molecule has 0 aliphatic carbocycles. The third-order valence-electron chi connectivity index (χ3n) is 6.77. The van der Waals surface area contributed by atoms with Gasteiger partial charge in [-0.1, -0.05) is 57.5 Å². The first-order chi connectivity index (χ1) is 17.5. The number of rotatable bonds is 9. The van der Waals surface area contributed by atoms with E-state index >= 15 is 0 Å².